The molecule has 0 atom stereocenters. The van der Waals surface area contributed by atoms with Crippen molar-refractivity contribution in [2.75, 3.05) is 12.4 Å². The van der Waals surface area contributed by atoms with E-state index in [0.29, 0.717) is 6.54 Å². The van der Waals surface area contributed by atoms with E-state index in [1.165, 1.54) is 6.21 Å². The SMILES string of the molecule is COc1ccc(/C=N/Oc2ncc(F)c(NCc3ccccc3)n2)cc1. The first kappa shape index (κ1) is 17.3. The lowest BCUT2D eigenvalue weighted by Crippen LogP contribution is -2.05. The summed E-state index contributed by atoms with van der Waals surface area (Å²) in [7, 11) is 1.60. The predicted molar refractivity (Wildman–Crippen MR) is 97.0 cm³/mol. The minimum atomic E-state index is -0.563. The molecule has 7 heteroatoms. The van der Waals surface area contributed by atoms with Crippen LogP contribution in [0.25, 0.3) is 0 Å². The highest BCUT2D eigenvalue weighted by molar-refractivity contribution is 5.79. The Morgan fingerprint density at radius 3 is 2.62 bits per heavy atom. The molecular weight excluding hydrogens is 335 g/mol. The van der Waals surface area contributed by atoms with E-state index in [9.17, 15) is 4.39 Å². The van der Waals surface area contributed by atoms with E-state index in [1.54, 1.807) is 19.2 Å². The van der Waals surface area contributed by atoms with Gasteiger partial charge in [0.2, 0.25) is 0 Å². The van der Waals surface area contributed by atoms with Crippen molar-refractivity contribution in [2.24, 2.45) is 5.16 Å². The normalized spacial score (nSPS) is 10.7. The zero-order valence-corrected chi connectivity index (χ0v) is 14.1. The van der Waals surface area contributed by atoms with Gasteiger partial charge in [-0.15, -0.1) is 0 Å². The molecule has 0 aliphatic heterocycles. The molecule has 0 saturated carbocycles. The summed E-state index contributed by atoms with van der Waals surface area (Å²) >= 11 is 0. The molecule has 3 rings (SSSR count). The van der Waals surface area contributed by atoms with Crippen molar-refractivity contribution in [3.63, 3.8) is 0 Å². The molecule has 0 radical (unpaired) electrons. The standard InChI is InChI=1S/C19H17FN4O2/c1-25-16-9-7-15(8-10-16)12-23-26-19-22-13-17(20)18(24-19)21-11-14-5-3-2-4-6-14/h2-10,12-13H,11H2,1H3,(H,21,22,24)/b23-12+. The summed E-state index contributed by atoms with van der Waals surface area (Å²) in [6.07, 6.45) is 2.54. The maximum Gasteiger partial charge on any atom is 0.347 e. The number of rotatable bonds is 7. The van der Waals surface area contributed by atoms with Crippen molar-refractivity contribution in [3.8, 4) is 11.8 Å². The van der Waals surface area contributed by atoms with Gasteiger partial charge in [-0.3, -0.25) is 0 Å². The fourth-order valence-electron chi connectivity index (χ4n) is 2.12. The van der Waals surface area contributed by atoms with Crippen LogP contribution in [-0.2, 0) is 6.54 Å². The van der Waals surface area contributed by atoms with Gasteiger partial charge in [-0.25, -0.2) is 4.39 Å². The summed E-state index contributed by atoms with van der Waals surface area (Å²) in [6.45, 7) is 0.434. The average Bonchev–Trinajstić information content (AvgIpc) is 2.69. The van der Waals surface area contributed by atoms with Gasteiger partial charge in [0.1, 0.15) is 5.75 Å². The second kappa shape index (κ2) is 8.57. The van der Waals surface area contributed by atoms with Crippen molar-refractivity contribution in [1.82, 2.24) is 9.97 Å². The van der Waals surface area contributed by atoms with E-state index in [-0.39, 0.29) is 11.8 Å². The molecule has 132 valence electrons. The van der Waals surface area contributed by atoms with Crippen LogP contribution in [0.3, 0.4) is 0 Å². The Labute approximate surface area is 150 Å². The Balaban J connectivity index is 1.62. The Kier molecular flexibility index (Phi) is 5.72. The predicted octanol–water partition coefficient (Wildman–Crippen LogP) is 3.65. The quantitative estimate of drug-likeness (QED) is 0.519. The number of benzene rings is 2. The summed E-state index contributed by atoms with van der Waals surface area (Å²) in [5.74, 6) is 0.241. The summed E-state index contributed by atoms with van der Waals surface area (Å²) in [5, 5.41) is 6.73. The van der Waals surface area contributed by atoms with Crippen molar-refractivity contribution in [3.05, 3.63) is 77.7 Å². The lowest BCUT2D eigenvalue weighted by Gasteiger charge is -2.07. The van der Waals surface area contributed by atoms with E-state index in [0.717, 1.165) is 23.1 Å². The summed E-state index contributed by atoms with van der Waals surface area (Å²) < 4.78 is 18.9. The molecule has 26 heavy (non-hydrogen) atoms. The second-order valence-corrected chi connectivity index (χ2v) is 5.29. The van der Waals surface area contributed by atoms with Crippen LogP contribution in [0.15, 0.2) is 65.9 Å². The molecule has 0 aliphatic rings. The van der Waals surface area contributed by atoms with Crippen LogP contribution in [0.5, 0.6) is 11.8 Å². The molecule has 3 aromatic rings. The minimum absolute atomic E-state index is 0.0493. The first-order valence-corrected chi connectivity index (χ1v) is 7.89. The second-order valence-electron chi connectivity index (χ2n) is 5.29. The molecule has 6 nitrogen and oxygen atoms in total. The zero-order chi connectivity index (χ0) is 18.2. The van der Waals surface area contributed by atoms with Gasteiger partial charge in [0, 0.05) is 6.54 Å². The maximum absolute atomic E-state index is 13.8. The van der Waals surface area contributed by atoms with E-state index in [2.05, 4.69) is 20.4 Å². The first-order valence-electron chi connectivity index (χ1n) is 7.89. The van der Waals surface area contributed by atoms with Gasteiger partial charge >= 0.3 is 6.01 Å². The van der Waals surface area contributed by atoms with Gasteiger partial charge in [0.05, 0.1) is 19.5 Å². The van der Waals surface area contributed by atoms with Gasteiger partial charge < -0.3 is 14.9 Å². The number of oxime groups is 1. The Hall–Kier alpha value is -3.48. The maximum atomic E-state index is 13.8. The van der Waals surface area contributed by atoms with Gasteiger partial charge in [-0.2, -0.15) is 9.97 Å². The highest BCUT2D eigenvalue weighted by Gasteiger charge is 2.07. The van der Waals surface area contributed by atoms with Crippen molar-refractivity contribution in [1.29, 1.82) is 0 Å². The molecule has 0 spiro atoms. The lowest BCUT2D eigenvalue weighted by molar-refractivity contribution is 0.314. The molecule has 0 bridgehead atoms. The van der Waals surface area contributed by atoms with Crippen LogP contribution < -0.4 is 14.9 Å². The molecule has 1 N–H and O–H groups in total. The third-order valence-electron chi connectivity index (χ3n) is 3.48. The smallest absolute Gasteiger partial charge is 0.347 e. The Morgan fingerprint density at radius 2 is 1.88 bits per heavy atom. The minimum Gasteiger partial charge on any atom is -0.497 e. The number of halogens is 1. The molecule has 0 fully saturated rings. The van der Waals surface area contributed by atoms with Gasteiger partial charge in [0.25, 0.3) is 0 Å². The van der Waals surface area contributed by atoms with Crippen LogP contribution in [0.1, 0.15) is 11.1 Å². The lowest BCUT2D eigenvalue weighted by atomic mass is 10.2. The largest absolute Gasteiger partial charge is 0.497 e. The molecular formula is C19H17FN4O2. The fraction of sp³-hybridized carbons (Fsp3) is 0.105. The number of anilines is 1. The first-order chi connectivity index (χ1) is 12.7. The Morgan fingerprint density at radius 1 is 1.12 bits per heavy atom. The average molecular weight is 352 g/mol. The number of hydrogen-bond donors (Lipinski definition) is 1. The van der Waals surface area contributed by atoms with Crippen LogP contribution in [-0.4, -0.2) is 23.3 Å². The number of ether oxygens (including phenoxy) is 1. The molecule has 0 aliphatic carbocycles. The van der Waals surface area contributed by atoms with Gasteiger partial charge in [-0.05, 0) is 35.4 Å². The van der Waals surface area contributed by atoms with Crippen LogP contribution >= 0.6 is 0 Å². The summed E-state index contributed by atoms with van der Waals surface area (Å²) in [6, 6.07) is 16.8. The summed E-state index contributed by atoms with van der Waals surface area (Å²) in [4.78, 5) is 12.9. The Bertz CT molecular complexity index is 870. The zero-order valence-electron chi connectivity index (χ0n) is 14.1. The van der Waals surface area contributed by atoms with Crippen molar-refractivity contribution >= 4 is 12.0 Å². The monoisotopic (exact) mass is 352 g/mol. The number of nitrogens with one attached hydrogen (secondary N) is 1. The molecule has 0 saturated heterocycles. The highest BCUT2D eigenvalue weighted by Crippen LogP contribution is 2.15. The van der Waals surface area contributed by atoms with Gasteiger partial charge in [-0.1, -0.05) is 35.5 Å². The van der Waals surface area contributed by atoms with Crippen LogP contribution in [0.2, 0.25) is 0 Å². The third kappa shape index (κ3) is 4.76. The van der Waals surface area contributed by atoms with Crippen molar-refractivity contribution in [2.45, 2.75) is 6.54 Å². The van der Waals surface area contributed by atoms with E-state index in [4.69, 9.17) is 9.57 Å². The van der Waals surface area contributed by atoms with Crippen molar-refractivity contribution < 1.29 is 14.0 Å². The van der Waals surface area contributed by atoms with Crippen LogP contribution in [0.4, 0.5) is 10.2 Å². The molecule has 2 aromatic carbocycles. The van der Waals surface area contributed by atoms with E-state index >= 15 is 0 Å². The number of methoxy groups -OCH3 is 1. The van der Waals surface area contributed by atoms with Crippen LogP contribution in [0, 0.1) is 5.82 Å². The van der Waals surface area contributed by atoms with E-state index < -0.39 is 5.82 Å². The van der Waals surface area contributed by atoms with Gasteiger partial charge in [0.15, 0.2) is 11.6 Å². The topological polar surface area (TPSA) is 68.6 Å². The highest BCUT2D eigenvalue weighted by atomic mass is 19.1. The fourth-order valence-corrected chi connectivity index (χ4v) is 2.12. The molecule has 1 heterocycles. The molecule has 1 aromatic heterocycles. The third-order valence-corrected chi connectivity index (χ3v) is 3.48. The molecule has 0 amide bonds. The van der Waals surface area contributed by atoms with E-state index in [1.807, 2.05) is 42.5 Å². The number of nitrogens with zero attached hydrogens (tertiary/aromatic N) is 3. The summed E-state index contributed by atoms with van der Waals surface area (Å²) in [5.41, 5.74) is 1.82. The number of hydrogen-bond acceptors (Lipinski definition) is 6. The molecule has 0 unspecified atom stereocenters. The number of aromatic nitrogens is 2.